The van der Waals surface area contributed by atoms with Crippen LogP contribution in [0.5, 0.6) is 0 Å². The maximum atomic E-state index is 12.5. The largest absolute Gasteiger partial charge is 0.339 e. The van der Waals surface area contributed by atoms with Crippen LogP contribution in [0.4, 0.5) is 0 Å². The van der Waals surface area contributed by atoms with Crippen molar-refractivity contribution in [2.75, 3.05) is 13.1 Å². The summed E-state index contributed by atoms with van der Waals surface area (Å²) >= 11 is 0. The Balaban J connectivity index is 2.57. The molecule has 1 rings (SSSR count). The van der Waals surface area contributed by atoms with Crippen molar-refractivity contribution in [3.8, 4) is 0 Å². The Hall–Kier alpha value is -1.31. The molecule has 106 valence electrons. The number of hydrogen-bond acceptors (Lipinski definition) is 1. The zero-order valence-electron chi connectivity index (χ0n) is 12.4. The number of carbonyl (C=O) groups is 1. The van der Waals surface area contributed by atoms with E-state index in [0.29, 0.717) is 0 Å². The minimum atomic E-state index is 0.188. The normalized spacial score (nSPS) is 10.4. The second-order valence-corrected chi connectivity index (χ2v) is 5.07. The van der Waals surface area contributed by atoms with Crippen LogP contribution < -0.4 is 0 Å². The molecule has 19 heavy (non-hydrogen) atoms. The predicted octanol–water partition coefficient (Wildman–Crippen LogP) is 4.51. The highest BCUT2D eigenvalue weighted by atomic mass is 16.2. The van der Waals surface area contributed by atoms with Crippen molar-refractivity contribution in [1.82, 2.24) is 4.90 Å². The molecule has 0 radical (unpaired) electrons. The Kier molecular flexibility index (Phi) is 7.95. The highest BCUT2D eigenvalue weighted by molar-refractivity contribution is 5.94. The van der Waals surface area contributed by atoms with Gasteiger partial charge in [0.1, 0.15) is 0 Å². The van der Waals surface area contributed by atoms with E-state index in [4.69, 9.17) is 0 Å². The lowest BCUT2D eigenvalue weighted by Crippen LogP contribution is -2.33. The van der Waals surface area contributed by atoms with Gasteiger partial charge in [0.15, 0.2) is 0 Å². The molecule has 1 aromatic rings. The molecule has 0 aliphatic carbocycles. The summed E-state index contributed by atoms with van der Waals surface area (Å²) in [7, 11) is 0. The van der Waals surface area contributed by atoms with E-state index in [0.717, 1.165) is 31.5 Å². The smallest absolute Gasteiger partial charge is 0.253 e. The van der Waals surface area contributed by atoms with Crippen LogP contribution in [-0.2, 0) is 0 Å². The average molecular weight is 261 g/mol. The molecule has 0 atom stereocenters. The molecule has 1 amide bonds. The van der Waals surface area contributed by atoms with Crippen molar-refractivity contribution in [3.05, 3.63) is 35.9 Å². The maximum Gasteiger partial charge on any atom is 0.253 e. The van der Waals surface area contributed by atoms with Gasteiger partial charge in [0.25, 0.3) is 5.91 Å². The standard InChI is InChI=1S/C17H27NO/c1-3-5-10-14-18(15-11-6-4-2)17(19)16-12-8-7-9-13-16/h7-9,12-13H,3-6,10-11,14-15H2,1-2H3. The van der Waals surface area contributed by atoms with Crippen molar-refractivity contribution in [1.29, 1.82) is 0 Å². The van der Waals surface area contributed by atoms with Crippen molar-refractivity contribution in [3.63, 3.8) is 0 Å². The van der Waals surface area contributed by atoms with Crippen LogP contribution in [0.3, 0.4) is 0 Å². The third kappa shape index (κ3) is 5.91. The summed E-state index contributed by atoms with van der Waals surface area (Å²) in [5, 5.41) is 0. The van der Waals surface area contributed by atoms with Gasteiger partial charge in [0.2, 0.25) is 0 Å². The van der Waals surface area contributed by atoms with E-state index in [1.165, 1.54) is 25.7 Å². The summed E-state index contributed by atoms with van der Waals surface area (Å²) in [6.07, 6.45) is 7.02. The van der Waals surface area contributed by atoms with Crippen LogP contribution in [-0.4, -0.2) is 23.9 Å². The molecule has 0 N–H and O–H groups in total. The topological polar surface area (TPSA) is 20.3 Å². The first-order valence-electron chi connectivity index (χ1n) is 7.64. The number of rotatable bonds is 9. The van der Waals surface area contributed by atoms with Gasteiger partial charge in [-0.2, -0.15) is 0 Å². The van der Waals surface area contributed by atoms with Crippen LogP contribution in [0.15, 0.2) is 30.3 Å². The van der Waals surface area contributed by atoms with E-state index in [1.807, 2.05) is 35.2 Å². The third-order valence-electron chi connectivity index (χ3n) is 3.37. The lowest BCUT2D eigenvalue weighted by molar-refractivity contribution is 0.0749. The summed E-state index contributed by atoms with van der Waals surface area (Å²) in [5.41, 5.74) is 0.815. The molecule has 0 saturated carbocycles. The zero-order chi connectivity index (χ0) is 13.9. The van der Waals surface area contributed by atoms with E-state index in [9.17, 15) is 4.79 Å². The molecule has 0 aromatic heterocycles. The predicted molar refractivity (Wildman–Crippen MR) is 81.4 cm³/mol. The van der Waals surface area contributed by atoms with Gasteiger partial charge in [-0.05, 0) is 25.0 Å². The fraction of sp³-hybridized carbons (Fsp3) is 0.588. The van der Waals surface area contributed by atoms with Gasteiger partial charge in [-0.25, -0.2) is 0 Å². The molecule has 0 fully saturated rings. The van der Waals surface area contributed by atoms with Gasteiger partial charge in [-0.1, -0.05) is 57.7 Å². The minimum Gasteiger partial charge on any atom is -0.339 e. The first-order chi connectivity index (χ1) is 9.29. The molecule has 0 spiro atoms. The fourth-order valence-electron chi connectivity index (χ4n) is 2.18. The number of unbranched alkanes of at least 4 members (excludes halogenated alkanes) is 4. The highest BCUT2D eigenvalue weighted by Crippen LogP contribution is 2.09. The minimum absolute atomic E-state index is 0.188. The Morgan fingerprint density at radius 3 is 1.89 bits per heavy atom. The third-order valence-corrected chi connectivity index (χ3v) is 3.37. The summed E-state index contributed by atoms with van der Waals surface area (Å²) in [6, 6.07) is 9.65. The van der Waals surface area contributed by atoms with Crippen molar-refractivity contribution < 1.29 is 4.79 Å². The molecular formula is C17H27NO. The van der Waals surface area contributed by atoms with E-state index in [2.05, 4.69) is 13.8 Å². The zero-order valence-corrected chi connectivity index (χ0v) is 12.4. The Morgan fingerprint density at radius 1 is 0.895 bits per heavy atom. The average Bonchev–Trinajstić information content (AvgIpc) is 2.46. The quantitative estimate of drug-likeness (QED) is 0.599. The first-order valence-corrected chi connectivity index (χ1v) is 7.64. The number of carbonyl (C=O) groups excluding carboxylic acids is 1. The van der Waals surface area contributed by atoms with E-state index < -0.39 is 0 Å². The Bertz CT molecular complexity index is 338. The first kappa shape index (κ1) is 15.7. The molecule has 0 saturated heterocycles. The van der Waals surface area contributed by atoms with Gasteiger partial charge in [-0.15, -0.1) is 0 Å². The summed E-state index contributed by atoms with van der Waals surface area (Å²) in [4.78, 5) is 14.5. The Labute approximate surface area is 117 Å². The van der Waals surface area contributed by atoms with E-state index in [-0.39, 0.29) is 5.91 Å². The molecule has 0 aliphatic rings. The number of amides is 1. The maximum absolute atomic E-state index is 12.5. The van der Waals surface area contributed by atoms with Crippen LogP contribution in [0.1, 0.15) is 62.7 Å². The van der Waals surface area contributed by atoms with E-state index in [1.54, 1.807) is 0 Å². The molecule has 2 heteroatoms. The van der Waals surface area contributed by atoms with Crippen molar-refractivity contribution in [2.24, 2.45) is 0 Å². The molecule has 2 nitrogen and oxygen atoms in total. The van der Waals surface area contributed by atoms with Crippen LogP contribution in [0.25, 0.3) is 0 Å². The summed E-state index contributed by atoms with van der Waals surface area (Å²) in [6.45, 7) is 6.18. The second kappa shape index (κ2) is 9.60. The van der Waals surface area contributed by atoms with Gasteiger partial charge in [0.05, 0.1) is 0 Å². The molecule has 0 bridgehead atoms. The number of nitrogens with zero attached hydrogens (tertiary/aromatic N) is 1. The monoisotopic (exact) mass is 261 g/mol. The van der Waals surface area contributed by atoms with Crippen LogP contribution in [0, 0.1) is 0 Å². The SMILES string of the molecule is CCCCCN(CCCCC)C(=O)c1ccccc1. The van der Waals surface area contributed by atoms with Crippen molar-refractivity contribution >= 4 is 5.91 Å². The molecular weight excluding hydrogens is 234 g/mol. The highest BCUT2D eigenvalue weighted by Gasteiger charge is 2.14. The lowest BCUT2D eigenvalue weighted by Gasteiger charge is -2.22. The van der Waals surface area contributed by atoms with Gasteiger partial charge in [0, 0.05) is 18.7 Å². The number of benzene rings is 1. The molecule has 0 heterocycles. The number of hydrogen-bond donors (Lipinski definition) is 0. The second-order valence-electron chi connectivity index (χ2n) is 5.07. The van der Waals surface area contributed by atoms with E-state index >= 15 is 0 Å². The van der Waals surface area contributed by atoms with Crippen molar-refractivity contribution in [2.45, 2.75) is 52.4 Å². The molecule has 1 aromatic carbocycles. The molecule has 0 aliphatic heterocycles. The van der Waals surface area contributed by atoms with Gasteiger partial charge >= 0.3 is 0 Å². The molecule has 0 unspecified atom stereocenters. The Morgan fingerprint density at radius 2 is 1.42 bits per heavy atom. The van der Waals surface area contributed by atoms with Crippen LogP contribution in [0.2, 0.25) is 0 Å². The van der Waals surface area contributed by atoms with Gasteiger partial charge < -0.3 is 4.90 Å². The lowest BCUT2D eigenvalue weighted by atomic mass is 10.1. The fourth-order valence-corrected chi connectivity index (χ4v) is 2.18. The summed E-state index contributed by atoms with van der Waals surface area (Å²) < 4.78 is 0. The summed E-state index contributed by atoms with van der Waals surface area (Å²) in [5.74, 6) is 0.188. The van der Waals surface area contributed by atoms with Crippen LogP contribution >= 0.6 is 0 Å². The van der Waals surface area contributed by atoms with Gasteiger partial charge in [-0.3, -0.25) is 4.79 Å².